The summed E-state index contributed by atoms with van der Waals surface area (Å²) in [5, 5.41) is 2.83. The summed E-state index contributed by atoms with van der Waals surface area (Å²) in [5.41, 5.74) is 0.777. The monoisotopic (exact) mass is 288 g/mol. The third kappa shape index (κ3) is 4.59. The molecule has 2 rings (SSSR count). The zero-order valence-corrected chi connectivity index (χ0v) is 12.0. The third-order valence-corrected chi connectivity index (χ3v) is 3.64. The van der Waals surface area contributed by atoms with E-state index in [0.717, 1.165) is 22.1 Å². The van der Waals surface area contributed by atoms with Gasteiger partial charge in [0.15, 0.2) is 0 Å². The first-order valence-electron chi connectivity index (χ1n) is 6.24. The van der Waals surface area contributed by atoms with E-state index in [4.69, 9.17) is 4.74 Å². The number of anilines is 1. The number of nitrogens with zero attached hydrogens (tertiary/aromatic N) is 1. The Morgan fingerprint density at radius 3 is 2.55 bits per heavy atom. The average molecular weight is 288 g/mol. The van der Waals surface area contributed by atoms with Crippen molar-refractivity contribution in [2.75, 3.05) is 18.2 Å². The number of carbonyl (C=O) groups is 1. The van der Waals surface area contributed by atoms with E-state index in [2.05, 4.69) is 10.3 Å². The van der Waals surface area contributed by atoms with Gasteiger partial charge in [-0.05, 0) is 36.4 Å². The molecule has 1 heterocycles. The lowest BCUT2D eigenvalue weighted by molar-refractivity contribution is -0.115. The van der Waals surface area contributed by atoms with Gasteiger partial charge in [-0.2, -0.15) is 0 Å². The van der Waals surface area contributed by atoms with Crippen molar-refractivity contribution in [1.82, 2.24) is 4.98 Å². The second-order valence-corrected chi connectivity index (χ2v) is 5.23. The lowest BCUT2D eigenvalue weighted by atomic mass is 10.3. The Kier molecular flexibility index (Phi) is 5.43. The highest BCUT2D eigenvalue weighted by Crippen LogP contribution is 2.21. The molecular formula is C15H16N2O2S. The molecule has 0 radical (unpaired) electrons. The second kappa shape index (κ2) is 7.55. The first-order chi connectivity index (χ1) is 9.78. The summed E-state index contributed by atoms with van der Waals surface area (Å²) in [6, 6.07) is 11.4. The standard InChI is InChI=1S/C15H16N2O2S/c1-19-13-2-4-14(5-3-13)20-11-8-15(18)17-12-6-9-16-10-7-12/h2-7,9-10H,8,11H2,1H3,(H,16,17,18). The number of aromatic nitrogens is 1. The van der Waals surface area contributed by atoms with E-state index in [1.54, 1.807) is 43.4 Å². The first kappa shape index (κ1) is 14.4. The molecule has 0 bridgehead atoms. The number of nitrogens with one attached hydrogen (secondary N) is 1. The average Bonchev–Trinajstić information content (AvgIpc) is 2.49. The minimum Gasteiger partial charge on any atom is -0.497 e. The molecule has 4 nitrogen and oxygen atoms in total. The number of hydrogen-bond acceptors (Lipinski definition) is 4. The number of benzene rings is 1. The molecule has 0 unspecified atom stereocenters. The lowest BCUT2D eigenvalue weighted by Crippen LogP contribution is -2.12. The molecule has 1 N–H and O–H groups in total. The molecule has 0 saturated heterocycles. The highest BCUT2D eigenvalue weighted by atomic mass is 32.2. The van der Waals surface area contributed by atoms with Gasteiger partial charge in [0.05, 0.1) is 7.11 Å². The van der Waals surface area contributed by atoms with E-state index in [-0.39, 0.29) is 5.91 Å². The van der Waals surface area contributed by atoms with Crippen molar-refractivity contribution >= 4 is 23.4 Å². The Morgan fingerprint density at radius 2 is 1.90 bits per heavy atom. The zero-order valence-electron chi connectivity index (χ0n) is 11.2. The number of rotatable bonds is 6. The molecule has 1 aromatic heterocycles. The van der Waals surface area contributed by atoms with Gasteiger partial charge in [0.2, 0.25) is 5.91 Å². The van der Waals surface area contributed by atoms with Crippen molar-refractivity contribution in [3.8, 4) is 5.75 Å². The van der Waals surface area contributed by atoms with Crippen molar-refractivity contribution in [2.24, 2.45) is 0 Å². The molecule has 20 heavy (non-hydrogen) atoms. The van der Waals surface area contributed by atoms with Crippen molar-refractivity contribution in [1.29, 1.82) is 0 Å². The summed E-state index contributed by atoms with van der Waals surface area (Å²) >= 11 is 1.65. The molecule has 1 amide bonds. The van der Waals surface area contributed by atoms with Crippen LogP contribution in [0.2, 0.25) is 0 Å². The van der Waals surface area contributed by atoms with Gasteiger partial charge in [0.1, 0.15) is 5.75 Å². The summed E-state index contributed by atoms with van der Waals surface area (Å²) in [4.78, 5) is 16.8. The molecule has 0 aliphatic carbocycles. The normalized spacial score (nSPS) is 10.1. The SMILES string of the molecule is COc1ccc(SCCC(=O)Nc2ccncc2)cc1. The van der Waals surface area contributed by atoms with E-state index in [1.807, 2.05) is 24.3 Å². The summed E-state index contributed by atoms with van der Waals surface area (Å²) in [6.45, 7) is 0. The maximum Gasteiger partial charge on any atom is 0.225 e. The van der Waals surface area contributed by atoms with E-state index in [9.17, 15) is 4.79 Å². The van der Waals surface area contributed by atoms with Crippen LogP contribution in [0.5, 0.6) is 5.75 Å². The van der Waals surface area contributed by atoms with Gasteiger partial charge in [0.25, 0.3) is 0 Å². The predicted molar refractivity (Wildman–Crippen MR) is 81.2 cm³/mol. The fourth-order valence-corrected chi connectivity index (χ4v) is 2.44. The molecule has 5 heteroatoms. The van der Waals surface area contributed by atoms with Gasteiger partial charge in [-0.3, -0.25) is 9.78 Å². The fraction of sp³-hybridized carbons (Fsp3) is 0.200. The van der Waals surface area contributed by atoms with E-state index < -0.39 is 0 Å². The van der Waals surface area contributed by atoms with Crippen molar-refractivity contribution in [2.45, 2.75) is 11.3 Å². The van der Waals surface area contributed by atoms with Crippen LogP contribution in [0.3, 0.4) is 0 Å². The minimum atomic E-state index is 0.0113. The number of amides is 1. The van der Waals surface area contributed by atoms with Gasteiger partial charge in [-0.1, -0.05) is 0 Å². The Bertz CT molecular complexity index is 544. The highest BCUT2D eigenvalue weighted by molar-refractivity contribution is 7.99. The molecule has 0 saturated carbocycles. The quantitative estimate of drug-likeness (QED) is 0.829. The van der Waals surface area contributed by atoms with Gasteiger partial charge in [-0.25, -0.2) is 0 Å². The number of thioether (sulfide) groups is 1. The Hall–Kier alpha value is -2.01. The number of carbonyl (C=O) groups excluding carboxylic acids is 1. The Labute approximate surface area is 122 Å². The topological polar surface area (TPSA) is 51.2 Å². The van der Waals surface area contributed by atoms with E-state index in [0.29, 0.717) is 6.42 Å². The highest BCUT2D eigenvalue weighted by Gasteiger charge is 2.03. The van der Waals surface area contributed by atoms with Crippen LogP contribution >= 0.6 is 11.8 Å². The van der Waals surface area contributed by atoms with Crippen LogP contribution in [0.1, 0.15) is 6.42 Å². The largest absolute Gasteiger partial charge is 0.497 e. The van der Waals surface area contributed by atoms with Gasteiger partial charge < -0.3 is 10.1 Å². The van der Waals surface area contributed by atoms with Crippen molar-refractivity contribution in [3.63, 3.8) is 0 Å². The van der Waals surface area contributed by atoms with E-state index >= 15 is 0 Å². The first-order valence-corrected chi connectivity index (χ1v) is 7.23. The molecule has 0 aliphatic rings. The lowest BCUT2D eigenvalue weighted by Gasteiger charge is -2.05. The summed E-state index contributed by atoms with van der Waals surface area (Å²) in [5.74, 6) is 1.59. The molecule has 1 aromatic carbocycles. The predicted octanol–water partition coefficient (Wildman–Crippen LogP) is 3.21. The van der Waals surface area contributed by atoms with Crippen LogP contribution in [0, 0.1) is 0 Å². The molecule has 2 aromatic rings. The van der Waals surface area contributed by atoms with Gasteiger partial charge >= 0.3 is 0 Å². The zero-order chi connectivity index (χ0) is 14.2. The molecule has 104 valence electrons. The van der Waals surface area contributed by atoms with Crippen LogP contribution in [0.15, 0.2) is 53.7 Å². The number of ether oxygens (including phenoxy) is 1. The van der Waals surface area contributed by atoms with E-state index in [1.165, 1.54) is 0 Å². The van der Waals surface area contributed by atoms with Crippen molar-refractivity contribution < 1.29 is 9.53 Å². The van der Waals surface area contributed by atoms with Crippen molar-refractivity contribution in [3.05, 3.63) is 48.8 Å². The Balaban J connectivity index is 1.73. The third-order valence-electron chi connectivity index (χ3n) is 2.62. The molecule has 0 fully saturated rings. The number of pyridine rings is 1. The summed E-state index contributed by atoms with van der Waals surface area (Å²) in [6.07, 6.45) is 3.78. The maximum atomic E-state index is 11.7. The molecule has 0 atom stereocenters. The van der Waals surface area contributed by atoms with Crippen LogP contribution in [0.4, 0.5) is 5.69 Å². The number of hydrogen-bond donors (Lipinski definition) is 1. The van der Waals surface area contributed by atoms with Gasteiger partial charge in [0, 0.05) is 35.2 Å². The van der Waals surface area contributed by atoms with Crippen LogP contribution in [-0.2, 0) is 4.79 Å². The summed E-state index contributed by atoms with van der Waals surface area (Å²) < 4.78 is 5.10. The van der Waals surface area contributed by atoms with Crippen LogP contribution in [-0.4, -0.2) is 23.8 Å². The summed E-state index contributed by atoms with van der Waals surface area (Å²) in [7, 11) is 1.64. The van der Waals surface area contributed by atoms with Crippen LogP contribution < -0.4 is 10.1 Å². The Morgan fingerprint density at radius 1 is 1.20 bits per heavy atom. The fourth-order valence-electron chi connectivity index (χ4n) is 1.59. The number of methoxy groups -OCH3 is 1. The van der Waals surface area contributed by atoms with Gasteiger partial charge in [-0.15, -0.1) is 11.8 Å². The van der Waals surface area contributed by atoms with Crippen LogP contribution in [0.25, 0.3) is 0 Å². The molecule has 0 spiro atoms. The molecular weight excluding hydrogens is 272 g/mol. The minimum absolute atomic E-state index is 0.0113. The maximum absolute atomic E-state index is 11.7. The smallest absolute Gasteiger partial charge is 0.225 e. The molecule has 0 aliphatic heterocycles. The second-order valence-electron chi connectivity index (χ2n) is 4.06.